The average Bonchev–Trinajstić information content (AvgIpc) is 3.15. The minimum Gasteiger partial charge on any atom is -0.366 e. The molecule has 1 heterocycles. The second-order valence-corrected chi connectivity index (χ2v) is 7.01. The molecule has 4 N–H and O–H groups in total. The van der Waals surface area contributed by atoms with E-state index in [2.05, 4.69) is 5.10 Å². The molecule has 0 fully saturated rings. The predicted octanol–water partition coefficient (Wildman–Crippen LogP) is 3.71. The Kier molecular flexibility index (Phi) is 4.90. The van der Waals surface area contributed by atoms with Crippen LogP contribution in [0.4, 0.5) is 0 Å². The molecule has 0 saturated heterocycles. The van der Waals surface area contributed by atoms with Gasteiger partial charge < -0.3 is 11.5 Å². The summed E-state index contributed by atoms with van der Waals surface area (Å²) in [4.78, 5) is 22.6. The fourth-order valence-corrected chi connectivity index (χ4v) is 3.33. The van der Waals surface area contributed by atoms with Crippen molar-refractivity contribution < 1.29 is 9.59 Å². The monoisotopic (exact) mass is 396 g/mol. The van der Waals surface area contributed by atoms with Crippen molar-refractivity contribution in [2.75, 3.05) is 0 Å². The van der Waals surface area contributed by atoms with Gasteiger partial charge in [-0.3, -0.25) is 9.59 Å². The molecule has 0 saturated carbocycles. The summed E-state index contributed by atoms with van der Waals surface area (Å²) in [6.45, 7) is 1.94. The number of nitrogens with two attached hydrogens (primary N) is 2. The zero-order chi connectivity index (χ0) is 21.3. The Hall–Kier alpha value is -4.19. The SMILES string of the molecule is Cc1cc(-c2ccc(-c3ccc(C(N)=O)cc3)cc2)n(-c2ccc(C(N)=O)cc2)n1. The van der Waals surface area contributed by atoms with Gasteiger partial charge in [-0.2, -0.15) is 5.10 Å². The summed E-state index contributed by atoms with van der Waals surface area (Å²) in [6.07, 6.45) is 0. The van der Waals surface area contributed by atoms with E-state index in [-0.39, 0.29) is 0 Å². The summed E-state index contributed by atoms with van der Waals surface area (Å²) in [5, 5.41) is 4.60. The van der Waals surface area contributed by atoms with E-state index in [0.29, 0.717) is 11.1 Å². The number of carbonyl (C=O) groups is 2. The lowest BCUT2D eigenvalue weighted by molar-refractivity contribution is 0.0992. The van der Waals surface area contributed by atoms with E-state index in [0.717, 1.165) is 33.8 Å². The first kappa shape index (κ1) is 19.1. The third-order valence-corrected chi connectivity index (χ3v) is 4.91. The summed E-state index contributed by atoms with van der Waals surface area (Å²) in [5.74, 6) is -0.901. The van der Waals surface area contributed by atoms with Gasteiger partial charge >= 0.3 is 0 Å². The Bertz CT molecular complexity index is 1220. The zero-order valence-corrected chi connectivity index (χ0v) is 16.4. The third kappa shape index (κ3) is 3.71. The number of primary amides is 2. The van der Waals surface area contributed by atoms with Crippen LogP contribution in [0.1, 0.15) is 26.4 Å². The number of hydrogen-bond donors (Lipinski definition) is 2. The van der Waals surface area contributed by atoms with Crippen LogP contribution in [-0.4, -0.2) is 21.6 Å². The molecule has 6 nitrogen and oxygen atoms in total. The molecule has 30 heavy (non-hydrogen) atoms. The molecule has 0 aliphatic carbocycles. The highest BCUT2D eigenvalue weighted by Gasteiger charge is 2.11. The minimum absolute atomic E-state index is 0.440. The first-order valence-corrected chi connectivity index (χ1v) is 9.40. The highest BCUT2D eigenvalue weighted by molar-refractivity contribution is 5.93. The van der Waals surface area contributed by atoms with E-state index < -0.39 is 11.8 Å². The number of aromatic nitrogens is 2. The number of amides is 2. The standard InChI is InChI=1S/C24H20N4O2/c1-15-14-22(28(27-15)21-12-10-20(11-13-21)24(26)30)18-6-2-16(3-7-18)17-4-8-19(9-5-17)23(25)29/h2-14H,1H3,(H2,25,29)(H2,26,30). The van der Waals surface area contributed by atoms with Crippen molar-refractivity contribution in [2.45, 2.75) is 6.92 Å². The lowest BCUT2D eigenvalue weighted by Gasteiger charge is -2.09. The summed E-state index contributed by atoms with van der Waals surface area (Å²) in [5.41, 5.74) is 17.3. The van der Waals surface area contributed by atoms with Crippen LogP contribution in [0, 0.1) is 6.92 Å². The summed E-state index contributed by atoms with van der Waals surface area (Å²) < 4.78 is 1.84. The van der Waals surface area contributed by atoms with Crippen LogP contribution < -0.4 is 11.5 Å². The summed E-state index contributed by atoms with van der Waals surface area (Å²) in [7, 11) is 0. The molecule has 0 radical (unpaired) electrons. The maximum absolute atomic E-state index is 11.3. The molecule has 0 aliphatic rings. The van der Waals surface area contributed by atoms with Gasteiger partial charge in [-0.25, -0.2) is 4.68 Å². The Balaban J connectivity index is 1.66. The van der Waals surface area contributed by atoms with Crippen molar-refractivity contribution >= 4 is 11.8 Å². The molecule has 0 atom stereocenters. The molecule has 0 spiro atoms. The minimum atomic E-state index is -0.460. The Labute approximate surface area is 173 Å². The molecule has 4 rings (SSSR count). The van der Waals surface area contributed by atoms with E-state index in [1.165, 1.54) is 0 Å². The van der Waals surface area contributed by atoms with Crippen LogP contribution in [0.25, 0.3) is 28.1 Å². The van der Waals surface area contributed by atoms with Crippen LogP contribution in [-0.2, 0) is 0 Å². The van der Waals surface area contributed by atoms with Crippen molar-refractivity contribution in [3.63, 3.8) is 0 Å². The van der Waals surface area contributed by atoms with Crippen molar-refractivity contribution in [3.05, 3.63) is 95.7 Å². The van der Waals surface area contributed by atoms with E-state index in [1.54, 1.807) is 24.3 Å². The molecule has 4 aromatic rings. The van der Waals surface area contributed by atoms with Crippen LogP contribution >= 0.6 is 0 Å². The van der Waals surface area contributed by atoms with E-state index >= 15 is 0 Å². The van der Waals surface area contributed by atoms with Gasteiger partial charge in [-0.15, -0.1) is 0 Å². The number of hydrogen-bond acceptors (Lipinski definition) is 3. The van der Waals surface area contributed by atoms with Crippen molar-refractivity contribution in [3.8, 4) is 28.1 Å². The van der Waals surface area contributed by atoms with Gasteiger partial charge in [-0.1, -0.05) is 36.4 Å². The third-order valence-electron chi connectivity index (χ3n) is 4.91. The van der Waals surface area contributed by atoms with E-state index in [9.17, 15) is 9.59 Å². The molecule has 148 valence electrons. The molecule has 3 aromatic carbocycles. The van der Waals surface area contributed by atoms with Crippen LogP contribution in [0.3, 0.4) is 0 Å². The molecule has 1 aromatic heterocycles. The predicted molar refractivity (Wildman–Crippen MR) is 116 cm³/mol. The molecular formula is C24H20N4O2. The molecule has 0 aliphatic heterocycles. The summed E-state index contributed by atoms with van der Waals surface area (Å²) >= 11 is 0. The smallest absolute Gasteiger partial charge is 0.248 e. The normalized spacial score (nSPS) is 10.7. The maximum Gasteiger partial charge on any atom is 0.248 e. The fourth-order valence-electron chi connectivity index (χ4n) is 3.33. The van der Waals surface area contributed by atoms with Crippen LogP contribution in [0.5, 0.6) is 0 Å². The second kappa shape index (κ2) is 7.67. The van der Waals surface area contributed by atoms with Crippen LogP contribution in [0.2, 0.25) is 0 Å². The van der Waals surface area contributed by atoms with Gasteiger partial charge in [-0.05, 0) is 60.5 Å². The number of carbonyl (C=O) groups excluding carboxylic acids is 2. The largest absolute Gasteiger partial charge is 0.366 e. The van der Waals surface area contributed by atoms with Gasteiger partial charge in [0, 0.05) is 16.7 Å². The first-order valence-electron chi connectivity index (χ1n) is 9.40. The highest BCUT2D eigenvalue weighted by atomic mass is 16.1. The molecular weight excluding hydrogens is 376 g/mol. The Morgan fingerprint density at radius 1 is 0.700 bits per heavy atom. The van der Waals surface area contributed by atoms with Gasteiger partial charge in [0.05, 0.1) is 17.1 Å². The van der Waals surface area contributed by atoms with Crippen LogP contribution in [0.15, 0.2) is 78.9 Å². The Morgan fingerprint density at radius 2 is 1.13 bits per heavy atom. The number of rotatable bonds is 5. The number of nitrogens with zero attached hydrogens (tertiary/aromatic N) is 2. The Morgan fingerprint density at radius 3 is 1.63 bits per heavy atom. The average molecular weight is 396 g/mol. The van der Waals surface area contributed by atoms with Crippen molar-refractivity contribution in [1.82, 2.24) is 9.78 Å². The molecule has 6 heteroatoms. The number of aryl methyl sites for hydroxylation is 1. The van der Waals surface area contributed by atoms with Gasteiger partial charge in [0.2, 0.25) is 11.8 Å². The fraction of sp³-hybridized carbons (Fsp3) is 0.0417. The lowest BCUT2D eigenvalue weighted by Crippen LogP contribution is -2.10. The molecule has 0 bridgehead atoms. The van der Waals surface area contributed by atoms with Gasteiger partial charge in [0.25, 0.3) is 0 Å². The second-order valence-electron chi connectivity index (χ2n) is 7.01. The van der Waals surface area contributed by atoms with Gasteiger partial charge in [0.15, 0.2) is 0 Å². The van der Waals surface area contributed by atoms with Gasteiger partial charge in [0.1, 0.15) is 0 Å². The topological polar surface area (TPSA) is 104 Å². The van der Waals surface area contributed by atoms with Crippen molar-refractivity contribution in [1.29, 1.82) is 0 Å². The summed E-state index contributed by atoms with van der Waals surface area (Å²) in [6, 6.07) is 24.4. The molecule has 2 amide bonds. The lowest BCUT2D eigenvalue weighted by atomic mass is 10.0. The van der Waals surface area contributed by atoms with Crippen molar-refractivity contribution in [2.24, 2.45) is 11.5 Å². The molecule has 0 unspecified atom stereocenters. The first-order chi connectivity index (χ1) is 14.4. The van der Waals surface area contributed by atoms with E-state index in [4.69, 9.17) is 11.5 Å². The maximum atomic E-state index is 11.3. The quantitative estimate of drug-likeness (QED) is 0.537. The van der Waals surface area contributed by atoms with E-state index in [1.807, 2.05) is 66.2 Å². The zero-order valence-electron chi connectivity index (χ0n) is 16.4. The number of benzene rings is 3. The highest BCUT2D eigenvalue weighted by Crippen LogP contribution is 2.27.